The van der Waals surface area contributed by atoms with Crippen molar-refractivity contribution >= 4 is 33.0 Å². The Morgan fingerprint density at radius 2 is 1.48 bits per heavy atom. The van der Waals surface area contributed by atoms with Gasteiger partial charge in [0.15, 0.2) is 0 Å². The normalized spacial score (nSPS) is 13.8. The topological polar surface area (TPSA) is 69.7 Å². The molecular weight excluding hydrogens is 410 g/mol. The Hall–Kier alpha value is -3.32. The summed E-state index contributed by atoms with van der Waals surface area (Å²) in [7, 11) is -1.93. The molecule has 1 fully saturated rings. The molecule has 3 aromatic rings. The van der Waals surface area contributed by atoms with Gasteiger partial charge in [-0.05, 0) is 73.5 Å². The Morgan fingerprint density at radius 1 is 0.871 bits per heavy atom. The summed E-state index contributed by atoms with van der Waals surface area (Å²) in [5.74, 6) is -0.161. The second-order valence-corrected chi connectivity index (χ2v) is 9.25. The molecule has 160 valence electrons. The monoisotopic (exact) mass is 435 g/mol. The first-order valence-electron chi connectivity index (χ1n) is 10.2. The summed E-state index contributed by atoms with van der Waals surface area (Å²) in [5, 5.41) is 0. The van der Waals surface area contributed by atoms with Crippen LogP contribution in [0.25, 0.3) is 0 Å². The molecule has 1 saturated heterocycles. The number of carbonyl (C=O) groups excluding carboxylic acids is 1. The molecule has 1 heterocycles. The number of hydrogen-bond donors (Lipinski definition) is 1. The summed E-state index contributed by atoms with van der Waals surface area (Å²) in [6.45, 7) is 2.16. The SMILES string of the molecule is CN(C(=O)c1ccc(NS(=O)(=O)c2ccccc2)cc1)c1ccc(N2CCCC2)cc1. The molecule has 0 unspecified atom stereocenters. The fourth-order valence-electron chi connectivity index (χ4n) is 3.67. The van der Waals surface area contributed by atoms with Gasteiger partial charge in [-0.3, -0.25) is 9.52 Å². The molecule has 0 atom stereocenters. The summed E-state index contributed by atoms with van der Waals surface area (Å²) in [5.41, 5.74) is 2.87. The van der Waals surface area contributed by atoms with E-state index < -0.39 is 10.0 Å². The van der Waals surface area contributed by atoms with Crippen LogP contribution in [-0.2, 0) is 10.0 Å². The van der Waals surface area contributed by atoms with E-state index in [-0.39, 0.29) is 10.8 Å². The number of nitrogens with zero attached hydrogens (tertiary/aromatic N) is 2. The third kappa shape index (κ3) is 4.72. The third-order valence-electron chi connectivity index (χ3n) is 5.45. The van der Waals surface area contributed by atoms with E-state index in [9.17, 15) is 13.2 Å². The highest BCUT2D eigenvalue weighted by Gasteiger charge is 2.17. The van der Waals surface area contributed by atoms with Crippen LogP contribution in [-0.4, -0.2) is 34.5 Å². The lowest BCUT2D eigenvalue weighted by molar-refractivity contribution is 0.0993. The van der Waals surface area contributed by atoms with Crippen LogP contribution in [0.3, 0.4) is 0 Å². The van der Waals surface area contributed by atoms with Crippen molar-refractivity contribution in [2.75, 3.05) is 34.7 Å². The molecule has 6 nitrogen and oxygen atoms in total. The van der Waals surface area contributed by atoms with Gasteiger partial charge in [-0.15, -0.1) is 0 Å². The molecule has 0 spiro atoms. The number of carbonyl (C=O) groups is 1. The molecule has 0 aromatic heterocycles. The van der Waals surface area contributed by atoms with Crippen LogP contribution in [0.4, 0.5) is 17.1 Å². The Kier molecular flexibility index (Phi) is 5.95. The van der Waals surface area contributed by atoms with Crippen LogP contribution >= 0.6 is 0 Å². The minimum Gasteiger partial charge on any atom is -0.372 e. The fraction of sp³-hybridized carbons (Fsp3) is 0.208. The lowest BCUT2D eigenvalue weighted by atomic mass is 10.1. The molecule has 4 rings (SSSR count). The molecule has 1 N–H and O–H groups in total. The molecule has 0 saturated carbocycles. The van der Waals surface area contributed by atoms with Gasteiger partial charge < -0.3 is 9.80 Å². The number of sulfonamides is 1. The van der Waals surface area contributed by atoms with Gasteiger partial charge in [0.05, 0.1) is 4.90 Å². The molecule has 31 heavy (non-hydrogen) atoms. The summed E-state index contributed by atoms with van der Waals surface area (Å²) < 4.78 is 27.4. The highest BCUT2D eigenvalue weighted by atomic mass is 32.2. The first-order chi connectivity index (χ1) is 14.9. The van der Waals surface area contributed by atoms with Crippen molar-refractivity contribution < 1.29 is 13.2 Å². The molecule has 7 heteroatoms. The van der Waals surface area contributed by atoms with E-state index in [4.69, 9.17) is 0 Å². The van der Waals surface area contributed by atoms with Gasteiger partial charge in [0, 0.05) is 42.8 Å². The lowest BCUT2D eigenvalue weighted by Gasteiger charge is -2.21. The lowest BCUT2D eigenvalue weighted by Crippen LogP contribution is -2.26. The maximum Gasteiger partial charge on any atom is 0.261 e. The average molecular weight is 436 g/mol. The van der Waals surface area contributed by atoms with Gasteiger partial charge in [0.1, 0.15) is 0 Å². The molecule has 1 aliphatic heterocycles. The summed E-state index contributed by atoms with van der Waals surface area (Å²) >= 11 is 0. The van der Waals surface area contributed by atoms with Crippen LogP contribution in [0.15, 0.2) is 83.8 Å². The second kappa shape index (κ2) is 8.81. The highest BCUT2D eigenvalue weighted by molar-refractivity contribution is 7.92. The maximum absolute atomic E-state index is 12.9. The first-order valence-corrected chi connectivity index (χ1v) is 11.7. The van der Waals surface area contributed by atoms with Crippen LogP contribution in [0, 0.1) is 0 Å². The van der Waals surface area contributed by atoms with Crippen molar-refractivity contribution in [3.63, 3.8) is 0 Å². The first kappa shape index (κ1) is 20.9. The Balaban J connectivity index is 1.44. The van der Waals surface area contributed by atoms with Crippen molar-refractivity contribution in [3.8, 4) is 0 Å². The van der Waals surface area contributed by atoms with E-state index in [1.54, 1.807) is 54.4 Å². The summed E-state index contributed by atoms with van der Waals surface area (Å²) in [6, 6.07) is 22.6. The molecule has 0 aliphatic carbocycles. The summed E-state index contributed by atoms with van der Waals surface area (Å²) in [4.78, 5) is 17.0. The number of amides is 1. The molecule has 1 amide bonds. The maximum atomic E-state index is 12.9. The van der Waals surface area contributed by atoms with Crippen molar-refractivity contribution in [2.45, 2.75) is 17.7 Å². The van der Waals surface area contributed by atoms with Gasteiger partial charge in [-0.1, -0.05) is 18.2 Å². The van der Waals surface area contributed by atoms with Gasteiger partial charge in [0.2, 0.25) is 0 Å². The highest BCUT2D eigenvalue weighted by Crippen LogP contribution is 2.24. The van der Waals surface area contributed by atoms with Crippen molar-refractivity contribution in [2.24, 2.45) is 0 Å². The van der Waals surface area contributed by atoms with Crippen LogP contribution in [0.5, 0.6) is 0 Å². The van der Waals surface area contributed by atoms with Gasteiger partial charge in [-0.2, -0.15) is 0 Å². The van der Waals surface area contributed by atoms with E-state index in [0.29, 0.717) is 11.3 Å². The Labute approximate surface area is 183 Å². The van der Waals surface area contributed by atoms with E-state index in [1.165, 1.54) is 30.7 Å². The van der Waals surface area contributed by atoms with Crippen LogP contribution < -0.4 is 14.5 Å². The standard InChI is InChI=1S/C24H25N3O3S/c1-26(21-13-15-22(16-14-21)27-17-5-6-18-27)24(28)19-9-11-20(12-10-19)25-31(29,30)23-7-3-2-4-8-23/h2-4,7-16,25H,5-6,17-18H2,1H3. The van der Waals surface area contributed by atoms with Crippen molar-refractivity contribution in [3.05, 3.63) is 84.4 Å². The quantitative estimate of drug-likeness (QED) is 0.624. The zero-order valence-corrected chi connectivity index (χ0v) is 18.2. The number of nitrogens with one attached hydrogen (secondary N) is 1. The number of rotatable bonds is 6. The smallest absolute Gasteiger partial charge is 0.261 e. The largest absolute Gasteiger partial charge is 0.372 e. The second-order valence-electron chi connectivity index (χ2n) is 7.57. The van der Waals surface area contributed by atoms with E-state index in [1.807, 2.05) is 24.3 Å². The van der Waals surface area contributed by atoms with Gasteiger partial charge in [-0.25, -0.2) is 8.42 Å². The zero-order chi connectivity index (χ0) is 21.8. The Bertz CT molecular complexity index is 1140. The predicted octanol–water partition coefficient (Wildman–Crippen LogP) is 4.36. The van der Waals surface area contributed by atoms with E-state index in [2.05, 4.69) is 9.62 Å². The predicted molar refractivity (Wildman–Crippen MR) is 124 cm³/mol. The zero-order valence-electron chi connectivity index (χ0n) is 17.4. The fourth-order valence-corrected chi connectivity index (χ4v) is 4.75. The number of hydrogen-bond acceptors (Lipinski definition) is 4. The third-order valence-corrected chi connectivity index (χ3v) is 6.85. The van der Waals surface area contributed by atoms with E-state index in [0.717, 1.165) is 18.8 Å². The minimum atomic E-state index is -3.67. The molecule has 3 aromatic carbocycles. The molecular formula is C24H25N3O3S. The molecule has 0 bridgehead atoms. The number of anilines is 3. The van der Waals surface area contributed by atoms with Crippen molar-refractivity contribution in [1.29, 1.82) is 0 Å². The average Bonchev–Trinajstić information content (AvgIpc) is 3.34. The van der Waals surface area contributed by atoms with Crippen LogP contribution in [0.1, 0.15) is 23.2 Å². The molecule has 1 aliphatic rings. The van der Waals surface area contributed by atoms with Gasteiger partial charge in [0.25, 0.3) is 15.9 Å². The minimum absolute atomic E-state index is 0.161. The van der Waals surface area contributed by atoms with Crippen LogP contribution in [0.2, 0.25) is 0 Å². The van der Waals surface area contributed by atoms with Crippen molar-refractivity contribution in [1.82, 2.24) is 0 Å². The van der Waals surface area contributed by atoms with E-state index >= 15 is 0 Å². The summed E-state index contributed by atoms with van der Waals surface area (Å²) in [6.07, 6.45) is 2.44. The molecule has 0 radical (unpaired) electrons. The number of benzene rings is 3. The Morgan fingerprint density at radius 3 is 2.10 bits per heavy atom. The van der Waals surface area contributed by atoms with Gasteiger partial charge >= 0.3 is 0 Å².